The smallest absolute Gasteiger partial charge is 0.337 e. The van der Waals surface area contributed by atoms with Crippen LogP contribution in [0.4, 0.5) is 15.8 Å². The maximum Gasteiger partial charge on any atom is 0.337 e. The fourth-order valence-corrected chi connectivity index (χ4v) is 2.68. The molecule has 1 saturated heterocycles. The van der Waals surface area contributed by atoms with Crippen molar-refractivity contribution < 1.29 is 14.3 Å². The molecule has 1 aliphatic rings. The summed E-state index contributed by atoms with van der Waals surface area (Å²) in [6.07, 6.45) is 2.01. The molecule has 0 aliphatic carbocycles. The first kappa shape index (κ1) is 14.6. The Morgan fingerprint density at radius 1 is 1.55 bits per heavy atom. The second-order valence-corrected chi connectivity index (χ2v) is 5.37. The zero-order valence-electron chi connectivity index (χ0n) is 11.8. The van der Waals surface area contributed by atoms with Crippen molar-refractivity contribution in [2.75, 3.05) is 37.8 Å². The van der Waals surface area contributed by atoms with Gasteiger partial charge in [0, 0.05) is 25.3 Å². The number of likely N-dealkylation sites (N-methyl/N-ethyl adjacent to an activating group) is 2. The number of anilines is 2. The van der Waals surface area contributed by atoms with Crippen LogP contribution in [-0.4, -0.2) is 49.2 Å². The first-order valence-corrected chi connectivity index (χ1v) is 6.64. The van der Waals surface area contributed by atoms with Crippen molar-refractivity contribution in [2.24, 2.45) is 0 Å². The first-order chi connectivity index (χ1) is 9.40. The van der Waals surface area contributed by atoms with Crippen molar-refractivity contribution in [3.63, 3.8) is 0 Å². The monoisotopic (exact) mass is 281 g/mol. The molecule has 1 atom stereocenters. The highest BCUT2D eigenvalue weighted by atomic mass is 19.1. The number of aromatic carboxylic acids is 1. The van der Waals surface area contributed by atoms with Gasteiger partial charge >= 0.3 is 5.97 Å². The third kappa shape index (κ3) is 2.85. The summed E-state index contributed by atoms with van der Waals surface area (Å²) in [7, 11) is 3.83. The SMILES string of the molecule is CN1CCCC(N(C)c2cc(C(=O)O)c(N)cc2F)C1. The standard InChI is InChI=1S/C14H20FN3O2/c1-17-5-3-4-9(8-17)18(2)13-6-10(14(19)20)12(16)7-11(13)15/h6-7,9H,3-5,8,16H2,1-2H3,(H,19,20). The van der Waals surface area contributed by atoms with E-state index in [1.54, 1.807) is 7.05 Å². The van der Waals surface area contributed by atoms with E-state index in [9.17, 15) is 9.18 Å². The highest BCUT2D eigenvalue weighted by Gasteiger charge is 2.24. The van der Waals surface area contributed by atoms with Crippen molar-refractivity contribution >= 4 is 17.3 Å². The van der Waals surface area contributed by atoms with E-state index in [0.717, 1.165) is 32.0 Å². The molecule has 5 nitrogen and oxygen atoms in total. The lowest BCUT2D eigenvalue weighted by Gasteiger charge is -2.37. The minimum absolute atomic E-state index is 0.0482. The van der Waals surface area contributed by atoms with Crippen molar-refractivity contribution in [1.82, 2.24) is 4.90 Å². The van der Waals surface area contributed by atoms with Crippen LogP contribution in [0.5, 0.6) is 0 Å². The number of nitrogens with zero attached hydrogens (tertiary/aromatic N) is 2. The molecule has 1 unspecified atom stereocenters. The van der Waals surface area contributed by atoms with Crippen LogP contribution in [0.1, 0.15) is 23.2 Å². The molecule has 110 valence electrons. The van der Waals surface area contributed by atoms with Crippen LogP contribution in [0.15, 0.2) is 12.1 Å². The lowest BCUT2D eigenvalue weighted by molar-refractivity contribution is 0.0698. The van der Waals surface area contributed by atoms with Crippen LogP contribution in [0.3, 0.4) is 0 Å². The minimum Gasteiger partial charge on any atom is -0.478 e. The number of piperidine rings is 1. The zero-order chi connectivity index (χ0) is 14.9. The van der Waals surface area contributed by atoms with Crippen LogP contribution in [-0.2, 0) is 0 Å². The van der Waals surface area contributed by atoms with Crippen LogP contribution in [0.2, 0.25) is 0 Å². The molecule has 1 aliphatic heterocycles. The van der Waals surface area contributed by atoms with E-state index in [1.165, 1.54) is 6.07 Å². The topological polar surface area (TPSA) is 69.8 Å². The van der Waals surface area contributed by atoms with Gasteiger partial charge < -0.3 is 20.6 Å². The molecule has 0 radical (unpaired) electrons. The summed E-state index contributed by atoms with van der Waals surface area (Å²) in [5, 5.41) is 9.09. The van der Waals surface area contributed by atoms with Gasteiger partial charge in [0.1, 0.15) is 5.82 Å². The van der Waals surface area contributed by atoms with Gasteiger partial charge in [0.25, 0.3) is 0 Å². The Hall–Kier alpha value is -1.82. The van der Waals surface area contributed by atoms with Gasteiger partial charge in [-0.3, -0.25) is 0 Å². The molecular formula is C14H20FN3O2. The van der Waals surface area contributed by atoms with E-state index in [-0.39, 0.29) is 23.0 Å². The van der Waals surface area contributed by atoms with Gasteiger partial charge in [0.05, 0.1) is 11.3 Å². The normalized spacial score (nSPS) is 19.9. The summed E-state index contributed by atoms with van der Waals surface area (Å²) in [4.78, 5) is 15.1. The zero-order valence-corrected chi connectivity index (χ0v) is 11.8. The molecule has 0 saturated carbocycles. The number of hydrogen-bond acceptors (Lipinski definition) is 4. The quantitative estimate of drug-likeness (QED) is 0.824. The summed E-state index contributed by atoms with van der Waals surface area (Å²) >= 11 is 0. The van der Waals surface area contributed by atoms with Crippen molar-refractivity contribution in [2.45, 2.75) is 18.9 Å². The Balaban J connectivity index is 2.31. The minimum atomic E-state index is -1.14. The molecule has 1 aromatic carbocycles. The third-order valence-corrected chi connectivity index (χ3v) is 3.88. The number of carboxylic acid groups (broad SMARTS) is 1. The number of carbonyl (C=O) groups is 1. The lowest BCUT2D eigenvalue weighted by atomic mass is 10.0. The predicted octanol–water partition coefficient (Wildman–Crippen LogP) is 1.64. The Morgan fingerprint density at radius 2 is 2.25 bits per heavy atom. The molecule has 1 fully saturated rings. The molecule has 0 amide bonds. The number of carboxylic acids is 1. The number of nitrogens with two attached hydrogens (primary N) is 1. The molecule has 0 bridgehead atoms. The van der Waals surface area contributed by atoms with E-state index in [2.05, 4.69) is 4.90 Å². The Bertz CT molecular complexity index is 521. The van der Waals surface area contributed by atoms with E-state index < -0.39 is 11.8 Å². The largest absolute Gasteiger partial charge is 0.478 e. The maximum atomic E-state index is 14.1. The maximum absolute atomic E-state index is 14.1. The van der Waals surface area contributed by atoms with Crippen LogP contribution < -0.4 is 10.6 Å². The second kappa shape index (κ2) is 5.66. The van der Waals surface area contributed by atoms with Crippen molar-refractivity contribution in [3.8, 4) is 0 Å². The fraction of sp³-hybridized carbons (Fsp3) is 0.500. The van der Waals surface area contributed by atoms with E-state index in [4.69, 9.17) is 10.8 Å². The van der Waals surface area contributed by atoms with Gasteiger partial charge in [0.2, 0.25) is 0 Å². The Morgan fingerprint density at radius 3 is 2.85 bits per heavy atom. The highest BCUT2D eigenvalue weighted by Crippen LogP contribution is 2.28. The number of hydrogen-bond donors (Lipinski definition) is 2. The number of benzene rings is 1. The van der Waals surface area contributed by atoms with Gasteiger partial charge in [-0.2, -0.15) is 0 Å². The molecular weight excluding hydrogens is 261 g/mol. The van der Waals surface area contributed by atoms with E-state index in [0.29, 0.717) is 0 Å². The third-order valence-electron chi connectivity index (χ3n) is 3.88. The van der Waals surface area contributed by atoms with Gasteiger partial charge in [-0.15, -0.1) is 0 Å². The van der Waals surface area contributed by atoms with Gasteiger partial charge in [-0.1, -0.05) is 0 Å². The molecule has 0 spiro atoms. The second-order valence-electron chi connectivity index (χ2n) is 5.37. The summed E-state index contributed by atoms with van der Waals surface area (Å²) in [6.45, 7) is 1.87. The number of likely N-dealkylation sites (tertiary alicyclic amines) is 1. The number of halogens is 1. The van der Waals surface area contributed by atoms with E-state index in [1.807, 2.05) is 11.9 Å². The summed E-state index contributed by atoms with van der Waals surface area (Å²) in [5.74, 6) is -1.62. The Kier molecular flexibility index (Phi) is 4.13. The van der Waals surface area contributed by atoms with Crippen LogP contribution >= 0.6 is 0 Å². The molecule has 20 heavy (non-hydrogen) atoms. The van der Waals surface area contributed by atoms with Gasteiger partial charge in [0.15, 0.2) is 0 Å². The van der Waals surface area contributed by atoms with E-state index >= 15 is 0 Å². The first-order valence-electron chi connectivity index (χ1n) is 6.64. The average Bonchev–Trinajstić information content (AvgIpc) is 2.37. The van der Waals surface area contributed by atoms with Gasteiger partial charge in [-0.25, -0.2) is 9.18 Å². The summed E-state index contributed by atoms with van der Waals surface area (Å²) in [6, 6.07) is 2.58. The fourth-order valence-electron chi connectivity index (χ4n) is 2.68. The summed E-state index contributed by atoms with van der Waals surface area (Å²) in [5.41, 5.74) is 5.73. The van der Waals surface area contributed by atoms with Crippen molar-refractivity contribution in [3.05, 3.63) is 23.5 Å². The number of nitrogen functional groups attached to an aromatic ring is 1. The summed E-state index contributed by atoms with van der Waals surface area (Å²) < 4.78 is 14.1. The molecule has 1 aromatic rings. The lowest BCUT2D eigenvalue weighted by Crippen LogP contribution is -2.45. The van der Waals surface area contributed by atoms with Crippen LogP contribution in [0, 0.1) is 5.82 Å². The highest BCUT2D eigenvalue weighted by molar-refractivity contribution is 5.95. The molecule has 2 rings (SSSR count). The molecule has 0 aromatic heterocycles. The molecule has 1 heterocycles. The molecule has 3 N–H and O–H groups in total. The van der Waals surface area contributed by atoms with Gasteiger partial charge in [-0.05, 0) is 38.6 Å². The number of rotatable bonds is 3. The molecule has 6 heteroatoms. The average molecular weight is 281 g/mol. The van der Waals surface area contributed by atoms with Crippen molar-refractivity contribution in [1.29, 1.82) is 0 Å². The van der Waals surface area contributed by atoms with Crippen LogP contribution in [0.25, 0.3) is 0 Å². The predicted molar refractivity (Wildman–Crippen MR) is 76.7 cm³/mol. The Labute approximate surface area is 117 Å².